The highest BCUT2D eigenvalue weighted by Crippen LogP contribution is 2.28. The van der Waals surface area contributed by atoms with Gasteiger partial charge in [0.05, 0.1) is 25.2 Å². The first kappa shape index (κ1) is 21.9. The van der Waals surface area contributed by atoms with Gasteiger partial charge in [-0.1, -0.05) is 49.7 Å². The molecule has 3 aromatic carbocycles. The van der Waals surface area contributed by atoms with Crippen LogP contribution < -0.4 is 14.2 Å². The van der Waals surface area contributed by atoms with Crippen molar-refractivity contribution >= 4 is 10.0 Å². The van der Waals surface area contributed by atoms with Gasteiger partial charge in [0.1, 0.15) is 11.5 Å². The van der Waals surface area contributed by atoms with E-state index in [-0.39, 0.29) is 4.90 Å². The Hall–Kier alpha value is -2.83. The van der Waals surface area contributed by atoms with E-state index in [1.165, 1.54) is 0 Å². The monoisotopic (exact) mass is 425 g/mol. The lowest BCUT2D eigenvalue weighted by atomic mass is 9.99. The van der Waals surface area contributed by atoms with E-state index in [1.807, 2.05) is 60.7 Å². The Balaban J connectivity index is 1.95. The van der Waals surface area contributed by atoms with Crippen molar-refractivity contribution in [1.29, 1.82) is 0 Å². The number of sulfonamides is 1. The summed E-state index contributed by atoms with van der Waals surface area (Å²) in [7, 11) is -0.535. The van der Waals surface area contributed by atoms with Crippen molar-refractivity contribution in [2.45, 2.75) is 30.7 Å². The largest absolute Gasteiger partial charge is 0.497 e. The van der Waals surface area contributed by atoms with Gasteiger partial charge in [-0.3, -0.25) is 0 Å². The molecule has 0 radical (unpaired) electrons. The van der Waals surface area contributed by atoms with Crippen LogP contribution >= 0.6 is 0 Å². The minimum Gasteiger partial charge on any atom is -0.497 e. The van der Waals surface area contributed by atoms with Gasteiger partial charge in [-0.05, 0) is 59.5 Å². The van der Waals surface area contributed by atoms with Crippen LogP contribution in [0, 0.1) is 0 Å². The van der Waals surface area contributed by atoms with E-state index >= 15 is 0 Å². The normalized spacial score (nSPS) is 11.5. The number of methoxy groups -OCH3 is 2. The van der Waals surface area contributed by atoms with Gasteiger partial charge in [0.15, 0.2) is 0 Å². The predicted octanol–water partition coefficient (Wildman–Crippen LogP) is 4.72. The van der Waals surface area contributed by atoms with Crippen LogP contribution in [0.15, 0.2) is 77.7 Å². The molecule has 3 aromatic rings. The van der Waals surface area contributed by atoms with E-state index in [4.69, 9.17) is 9.47 Å². The molecule has 0 spiro atoms. The van der Waals surface area contributed by atoms with Gasteiger partial charge in [-0.15, -0.1) is 0 Å². The second-order valence-corrected chi connectivity index (χ2v) is 8.71. The number of aryl methyl sites for hydroxylation is 1. The summed E-state index contributed by atoms with van der Waals surface area (Å²) in [5.41, 5.74) is 2.75. The van der Waals surface area contributed by atoms with E-state index in [0.717, 1.165) is 29.5 Å². The maximum atomic E-state index is 13.1. The third kappa shape index (κ3) is 5.20. The molecule has 30 heavy (non-hydrogen) atoms. The molecule has 0 saturated heterocycles. The van der Waals surface area contributed by atoms with Crippen LogP contribution in [0.25, 0.3) is 0 Å². The molecule has 0 amide bonds. The van der Waals surface area contributed by atoms with Crippen molar-refractivity contribution in [1.82, 2.24) is 4.72 Å². The van der Waals surface area contributed by atoms with Crippen LogP contribution in [0.4, 0.5) is 0 Å². The Bertz CT molecular complexity index is 996. The predicted molar refractivity (Wildman–Crippen MR) is 119 cm³/mol. The molecule has 6 heteroatoms. The zero-order valence-electron chi connectivity index (χ0n) is 17.5. The van der Waals surface area contributed by atoms with Crippen molar-refractivity contribution in [2.75, 3.05) is 14.2 Å². The summed E-state index contributed by atoms with van der Waals surface area (Å²) in [4.78, 5) is 0.245. The second kappa shape index (κ2) is 9.78. The first-order valence-corrected chi connectivity index (χ1v) is 11.3. The maximum absolute atomic E-state index is 13.1. The van der Waals surface area contributed by atoms with Crippen LogP contribution in [0.5, 0.6) is 11.5 Å². The number of rotatable bonds is 9. The minimum atomic E-state index is -3.73. The fraction of sp³-hybridized carbons (Fsp3) is 0.250. The first-order chi connectivity index (χ1) is 14.5. The first-order valence-electron chi connectivity index (χ1n) is 9.86. The summed E-state index contributed by atoms with van der Waals surface area (Å²) >= 11 is 0. The minimum absolute atomic E-state index is 0.245. The molecular weight excluding hydrogens is 398 g/mol. The summed E-state index contributed by atoms with van der Waals surface area (Å²) in [6, 6.07) is 21.2. The number of hydrogen-bond acceptors (Lipinski definition) is 4. The summed E-state index contributed by atoms with van der Waals surface area (Å²) in [6.45, 7) is 2.10. The zero-order valence-corrected chi connectivity index (χ0v) is 18.3. The lowest BCUT2D eigenvalue weighted by Crippen LogP contribution is -2.29. The molecule has 0 aromatic heterocycles. The highest BCUT2D eigenvalue weighted by Gasteiger charge is 2.23. The molecule has 0 aliphatic heterocycles. The Labute approximate surface area is 178 Å². The number of hydrogen-bond donors (Lipinski definition) is 1. The van der Waals surface area contributed by atoms with E-state index in [9.17, 15) is 8.42 Å². The Morgan fingerprint density at radius 1 is 0.767 bits per heavy atom. The SMILES string of the molecule is CCCc1ccc(S(=O)(=O)NC(c2ccc(OC)cc2)c2ccc(OC)cc2)cc1. The third-order valence-electron chi connectivity index (χ3n) is 4.94. The topological polar surface area (TPSA) is 64.6 Å². The molecule has 0 bridgehead atoms. The molecule has 158 valence electrons. The summed E-state index contributed by atoms with van der Waals surface area (Å²) in [5, 5.41) is 0. The van der Waals surface area contributed by atoms with E-state index in [2.05, 4.69) is 11.6 Å². The highest BCUT2D eigenvalue weighted by atomic mass is 32.2. The molecule has 0 atom stereocenters. The summed E-state index contributed by atoms with van der Waals surface area (Å²) in [6.07, 6.45) is 1.94. The fourth-order valence-electron chi connectivity index (χ4n) is 3.27. The van der Waals surface area contributed by atoms with Crippen LogP contribution in [0.2, 0.25) is 0 Å². The molecule has 0 aliphatic rings. The van der Waals surface area contributed by atoms with Crippen LogP contribution in [0.1, 0.15) is 36.1 Å². The Kier molecular flexibility index (Phi) is 7.13. The second-order valence-electron chi connectivity index (χ2n) is 6.99. The molecule has 5 nitrogen and oxygen atoms in total. The quantitative estimate of drug-likeness (QED) is 0.539. The zero-order chi connectivity index (χ0) is 21.6. The molecule has 0 saturated carbocycles. The van der Waals surface area contributed by atoms with Crippen molar-refractivity contribution in [3.05, 3.63) is 89.5 Å². The number of nitrogens with one attached hydrogen (secondary N) is 1. The highest BCUT2D eigenvalue weighted by molar-refractivity contribution is 7.89. The van der Waals surface area contributed by atoms with Gasteiger partial charge >= 0.3 is 0 Å². The summed E-state index contributed by atoms with van der Waals surface area (Å²) in [5.74, 6) is 1.42. The van der Waals surface area contributed by atoms with Crippen molar-refractivity contribution in [3.63, 3.8) is 0 Å². The average Bonchev–Trinajstić information content (AvgIpc) is 2.78. The Morgan fingerprint density at radius 2 is 1.23 bits per heavy atom. The molecule has 0 fully saturated rings. The third-order valence-corrected chi connectivity index (χ3v) is 6.38. The van der Waals surface area contributed by atoms with E-state index in [1.54, 1.807) is 26.4 Å². The standard InChI is InChI=1S/C24H27NO4S/c1-4-5-18-6-16-23(17-7-18)30(26,27)25-24(19-8-12-21(28-2)13-9-19)20-10-14-22(29-3)15-11-20/h6-17,24-25H,4-5H2,1-3H3. The smallest absolute Gasteiger partial charge is 0.241 e. The Morgan fingerprint density at radius 3 is 1.63 bits per heavy atom. The van der Waals surface area contributed by atoms with Crippen LogP contribution in [-0.2, 0) is 16.4 Å². The van der Waals surface area contributed by atoms with Gasteiger partial charge in [0.25, 0.3) is 0 Å². The van der Waals surface area contributed by atoms with Gasteiger partial charge in [-0.25, -0.2) is 8.42 Å². The molecule has 1 N–H and O–H groups in total. The van der Waals surface area contributed by atoms with Gasteiger partial charge in [0, 0.05) is 0 Å². The molecular formula is C24H27NO4S. The number of benzene rings is 3. The molecule has 0 heterocycles. The van der Waals surface area contributed by atoms with E-state index < -0.39 is 16.1 Å². The maximum Gasteiger partial charge on any atom is 0.241 e. The van der Waals surface area contributed by atoms with Gasteiger partial charge in [0.2, 0.25) is 10.0 Å². The molecule has 0 aliphatic carbocycles. The molecule has 3 rings (SSSR count). The van der Waals surface area contributed by atoms with Crippen LogP contribution in [0.3, 0.4) is 0 Å². The lowest BCUT2D eigenvalue weighted by molar-refractivity contribution is 0.414. The van der Waals surface area contributed by atoms with Crippen molar-refractivity contribution in [3.8, 4) is 11.5 Å². The van der Waals surface area contributed by atoms with Gasteiger partial charge in [-0.2, -0.15) is 4.72 Å². The average molecular weight is 426 g/mol. The van der Waals surface area contributed by atoms with E-state index in [0.29, 0.717) is 11.5 Å². The fourth-order valence-corrected chi connectivity index (χ4v) is 4.48. The summed E-state index contributed by atoms with van der Waals surface area (Å²) < 4.78 is 39.6. The van der Waals surface area contributed by atoms with Crippen molar-refractivity contribution < 1.29 is 17.9 Å². The molecule has 0 unspecified atom stereocenters. The lowest BCUT2D eigenvalue weighted by Gasteiger charge is -2.20. The number of ether oxygens (including phenoxy) is 2. The van der Waals surface area contributed by atoms with Crippen LogP contribution in [-0.4, -0.2) is 22.6 Å². The van der Waals surface area contributed by atoms with Gasteiger partial charge < -0.3 is 9.47 Å². The van der Waals surface area contributed by atoms with Crippen molar-refractivity contribution in [2.24, 2.45) is 0 Å².